The summed E-state index contributed by atoms with van der Waals surface area (Å²) in [4.78, 5) is 43.3. The van der Waals surface area contributed by atoms with Crippen molar-refractivity contribution in [1.82, 2.24) is 15.2 Å². The lowest BCUT2D eigenvalue weighted by Gasteiger charge is -2.40. The van der Waals surface area contributed by atoms with E-state index in [4.69, 9.17) is 0 Å². The maximum absolute atomic E-state index is 12.6. The number of piperazine rings is 1. The lowest BCUT2D eigenvalue weighted by atomic mass is 9.97. The lowest BCUT2D eigenvalue weighted by molar-refractivity contribution is -0.143. The van der Waals surface area contributed by atoms with Gasteiger partial charge in [-0.1, -0.05) is 0 Å². The smallest absolute Gasteiger partial charge is 0.255 e. The second kappa shape index (κ2) is 5.16. The van der Waals surface area contributed by atoms with Crippen LogP contribution in [0.25, 0.3) is 0 Å². The Labute approximate surface area is 122 Å². The highest BCUT2D eigenvalue weighted by Crippen LogP contribution is 2.22. The van der Waals surface area contributed by atoms with Gasteiger partial charge in [-0.05, 0) is 26.0 Å². The molecule has 0 spiro atoms. The van der Waals surface area contributed by atoms with Gasteiger partial charge in [0.15, 0.2) is 0 Å². The van der Waals surface area contributed by atoms with Crippen LogP contribution in [0.1, 0.15) is 24.2 Å². The van der Waals surface area contributed by atoms with Gasteiger partial charge in [-0.3, -0.25) is 19.7 Å². The topological polar surface area (TPSA) is 82.6 Å². The zero-order chi connectivity index (χ0) is 15.8. The number of aromatic nitrogens is 1. The summed E-state index contributed by atoms with van der Waals surface area (Å²) in [6.07, 6.45) is 1.53. The minimum atomic E-state index is -1.08. The fraction of sp³-hybridized carbons (Fsp3) is 0.429. The first-order valence-corrected chi connectivity index (χ1v) is 6.53. The molecule has 0 atom stereocenters. The number of nitrogens with zero attached hydrogens (tertiary/aromatic N) is 3. The summed E-state index contributed by atoms with van der Waals surface area (Å²) in [7, 11) is 3.64. The Morgan fingerprint density at radius 1 is 1.38 bits per heavy atom. The Kier molecular flexibility index (Phi) is 3.67. The Morgan fingerprint density at radius 2 is 2.05 bits per heavy atom. The molecule has 0 saturated carbocycles. The number of carbonyl (C=O) groups excluding carboxylic acids is 3. The molecule has 0 radical (unpaired) electrons. The van der Waals surface area contributed by atoms with E-state index in [0.717, 1.165) is 0 Å². The number of hydrogen-bond acceptors (Lipinski definition) is 5. The number of anilines is 1. The number of hydrogen-bond donors (Lipinski definition) is 1. The van der Waals surface area contributed by atoms with Crippen LogP contribution < -0.4 is 10.2 Å². The van der Waals surface area contributed by atoms with Crippen molar-refractivity contribution in [2.24, 2.45) is 0 Å². The van der Waals surface area contributed by atoms with Crippen molar-refractivity contribution in [2.45, 2.75) is 19.4 Å². The maximum Gasteiger partial charge on any atom is 0.255 e. The van der Waals surface area contributed by atoms with Crippen LogP contribution in [-0.4, -0.2) is 53.8 Å². The van der Waals surface area contributed by atoms with E-state index < -0.39 is 17.4 Å². The third kappa shape index (κ3) is 2.72. The molecule has 0 bridgehead atoms. The summed E-state index contributed by atoms with van der Waals surface area (Å²) in [6, 6.07) is 3.21. The first-order chi connectivity index (χ1) is 9.73. The molecule has 7 heteroatoms. The van der Waals surface area contributed by atoms with Crippen LogP contribution in [-0.2, 0) is 9.59 Å². The second-order valence-electron chi connectivity index (χ2n) is 5.62. The summed E-state index contributed by atoms with van der Waals surface area (Å²) in [6.45, 7) is 3.08. The highest BCUT2D eigenvalue weighted by molar-refractivity contribution is 6.08. The van der Waals surface area contributed by atoms with Gasteiger partial charge < -0.3 is 9.80 Å². The Hall–Kier alpha value is -2.44. The molecule has 21 heavy (non-hydrogen) atoms. The lowest BCUT2D eigenvalue weighted by Crippen LogP contribution is -2.65. The van der Waals surface area contributed by atoms with Gasteiger partial charge in [0.25, 0.3) is 11.8 Å². The van der Waals surface area contributed by atoms with Crippen LogP contribution in [0.3, 0.4) is 0 Å². The largest absolute Gasteiger partial charge is 0.363 e. The molecule has 0 unspecified atom stereocenters. The summed E-state index contributed by atoms with van der Waals surface area (Å²) in [5, 5.41) is 2.24. The highest BCUT2D eigenvalue weighted by atomic mass is 16.2. The van der Waals surface area contributed by atoms with Crippen molar-refractivity contribution < 1.29 is 14.4 Å². The molecular formula is C14H18N4O3. The number of amides is 3. The van der Waals surface area contributed by atoms with Crippen LogP contribution in [0.15, 0.2) is 18.3 Å². The quantitative estimate of drug-likeness (QED) is 0.777. The minimum absolute atomic E-state index is 0.142. The molecule has 1 aliphatic rings. The van der Waals surface area contributed by atoms with E-state index in [-0.39, 0.29) is 12.5 Å². The molecule has 3 amide bonds. The molecule has 1 saturated heterocycles. The summed E-state index contributed by atoms with van der Waals surface area (Å²) < 4.78 is 0. The van der Waals surface area contributed by atoms with Crippen molar-refractivity contribution in [3.8, 4) is 0 Å². The summed E-state index contributed by atoms with van der Waals surface area (Å²) >= 11 is 0. The molecule has 2 heterocycles. The van der Waals surface area contributed by atoms with Crippen molar-refractivity contribution in [3.05, 3.63) is 23.9 Å². The molecule has 1 aromatic rings. The molecule has 1 N–H and O–H groups in total. The fourth-order valence-corrected chi connectivity index (χ4v) is 2.06. The van der Waals surface area contributed by atoms with E-state index in [2.05, 4.69) is 10.3 Å². The maximum atomic E-state index is 12.6. The molecule has 0 aliphatic carbocycles. The average molecular weight is 290 g/mol. The standard InChI is InChI=1S/C14H18N4O3/c1-14(2)13(21)16-11(19)8-18(14)12(20)9-5-6-15-10(7-9)17(3)4/h5-7H,8H2,1-4H3,(H,16,19,21). The van der Waals surface area contributed by atoms with Gasteiger partial charge in [0.05, 0.1) is 0 Å². The molecule has 112 valence electrons. The highest BCUT2D eigenvalue weighted by Gasteiger charge is 2.43. The van der Waals surface area contributed by atoms with Gasteiger partial charge in [0.1, 0.15) is 17.9 Å². The monoisotopic (exact) mass is 290 g/mol. The summed E-state index contributed by atoms with van der Waals surface area (Å²) in [5.74, 6) is -0.691. The molecule has 1 fully saturated rings. The molecular weight excluding hydrogens is 272 g/mol. The first kappa shape index (κ1) is 15.0. The first-order valence-electron chi connectivity index (χ1n) is 6.53. The third-order valence-electron chi connectivity index (χ3n) is 3.48. The van der Waals surface area contributed by atoms with Crippen LogP contribution in [0.2, 0.25) is 0 Å². The van der Waals surface area contributed by atoms with Gasteiger partial charge >= 0.3 is 0 Å². The minimum Gasteiger partial charge on any atom is -0.363 e. The molecule has 0 aromatic carbocycles. The van der Waals surface area contributed by atoms with Crippen molar-refractivity contribution in [1.29, 1.82) is 0 Å². The molecule has 2 rings (SSSR count). The van der Waals surface area contributed by atoms with Crippen LogP contribution in [0.5, 0.6) is 0 Å². The fourth-order valence-electron chi connectivity index (χ4n) is 2.06. The van der Waals surface area contributed by atoms with E-state index in [9.17, 15) is 14.4 Å². The van der Waals surface area contributed by atoms with E-state index in [1.807, 2.05) is 14.1 Å². The van der Waals surface area contributed by atoms with Crippen molar-refractivity contribution in [3.63, 3.8) is 0 Å². The number of rotatable bonds is 2. The number of nitrogens with one attached hydrogen (secondary N) is 1. The van der Waals surface area contributed by atoms with Gasteiger partial charge in [0.2, 0.25) is 5.91 Å². The Balaban J connectivity index is 2.36. The summed E-state index contributed by atoms with van der Waals surface area (Å²) in [5.41, 5.74) is -0.684. The zero-order valence-corrected chi connectivity index (χ0v) is 12.5. The Morgan fingerprint density at radius 3 is 2.67 bits per heavy atom. The molecule has 7 nitrogen and oxygen atoms in total. The average Bonchev–Trinajstić information content (AvgIpc) is 2.42. The van der Waals surface area contributed by atoms with E-state index in [1.165, 1.54) is 11.1 Å². The SMILES string of the molecule is CN(C)c1cc(C(=O)N2CC(=O)NC(=O)C2(C)C)ccn1. The number of carbonyl (C=O) groups is 3. The van der Waals surface area contributed by atoms with Gasteiger partial charge in [0, 0.05) is 25.9 Å². The number of imide groups is 1. The predicted octanol–water partition coefficient (Wildman–Crippen LogP) is 0.0248. The van der Waals surface area contributed by atoms with E-state index >= 15 is 0 Å². The molecule has 1 aromatic heterocycles. The second-order valence-corrected chi connectivity index (χ2v) is 5.62. The van der Waals surface area contributed by atoms with Crippen LogP contribution in [0.4, 0.5) is 5.82 Å². The zero-order valence-electron chi connectivity index (χ0n) is 12.5. The van der Waals surface area contributed by atoms with Gasteiger partial charge in [-0.25, -0.2) is 4.98 Å². The van der Waals surface area contributed by atoms with Crippen molar-refractivity contribution in [2.75, 3.05) is 25.5 Å². The van der Waals surface area contributed by atoms with Crippen molar-refractivity contribution >= 4 is 23.5 Å². The predicted molar refractivity (Wildman–Crippen MR) is 76.8 cm³/mol. The van der Waals surface area contributed by atoms with Crippen LogP contribution >= 0.6 is 0 Å². The van der Waals surface area contributed by atoms with Gasteiger partial charge in [-0.2, -0.15) is 0 Å². The third-order valence-corrected chi connectivity index (χ3v) is 3.48. The van der Waals surface area contributed by atoms with Crippen LogP contribution in [0, 0.1) is 0 Å². The normalized spacial score (nSPS) is 17.4. The number of pyridine rings is 1. The molecule has 1 aliphatic heterocycles. The van der Waals surface area contributed by atoms with E-state index in [0.29, 0.717) is 11.4 Å². The van der Waals surface area contributed by atoms with Gasteiger partial charge in [-0.15, -0.1) is 0 Å². The van der Waals surface area contributed by atoms with E-state index in [1.54, 1.807) is 30.9 Å². The Bertz CT molecular complexity index is 610.